The zero-order valence-corrected chi connectivity index (χ0v) is 17.5. The molecule has 0 saturated heterocycles. The molecule has 9 heteroatoms. The molecule has 0 aliphatic heterocycles. The summed E-state index contributed by atoms with van der Waals surface area (Å²) in [7, 11) is 1.12. The highest BCUT2D eigenvalue weighted by molar-refractivity contribution is 5.97. The van der Waals surface area contributed by atoms with E-state index in [4.69, 9.17) is 14.2 Å². The minimum absolute atomic E-state index is 0.0477. The Morgan fingerprint density at radius 2 is 1.73 bits per heavy atom. The van der Waals surface area contributed by atoms with Crippen LogP contribution in [0.25, 0.3) is 0 Å². The van der Waals surface area contributed by atoms with Crippen LogP contribution in [0, 0.1) is 0 Å². The van der Waals surface area contributed by atoms with Crippen LogP contribution in [0.3, 0.4) is 0 Å². The third-order valence-electron chi connectivity index (χ3n) is 3.76. The van der Waals surface area contributed by atoms with Crippen molar-refractivity contribution < 1.29 is 28.6 Å². The van der Waals surface area contributed by atoms with Crippen molar-refractivity contribution in [3.05, 3.63) is 63.6 Å². The molecule has 1 aromatic carbocycles. The molecule has 0 aliphatic rings. The van der Waals surface area contributed by atoms with Crippen LogP contribution in [0.4, 0.5) is 4.79 Å². The molecule has 2 aromatic rings. The number of amides is 1. The molecule has 1 heterocycles. The standard InChI is InChI=1S/C21H24N2O7/c1-13(24)15-11-23(22-20(27)30-21(2,3)4)16(19(26)28-5)18(17(15)25)29-12-14-9-7-6-8-10-14/h6-11H,12H2,1-5H3,(H,22,27). The van der Waals surface area contributed by atoms with E-state index in [2.05, 4.69) is 5.43 Å². The van der Waals surface area contributed by atoms with Crippen LogP contribution in [-0.4, -0.2) is 35.2 Å². The van der Waals surface area contributed by atoms with Crippen LogP contribution >= 0.6 is 0 Å². The first-order valence-electron chi connectivity index (χ1n) is 9.09. The molecule has 0 radical (unpaired) electrons. The summed E-state index contributed by atoms with van der Waals surface area (Å²) >= 11 is 0. The lowest BCUT2D eigenvalue weighted by Crippen LogP contribution is -2.36. The Bertz CT molecular complexity index is 1000. The summed E-state index contributed by atoms with van der Waals surface area (Å²) in [5, 5.41) is 0. The van der Waals surface area contributed by atoms with E-state index in [0.717, 1.165) is 23.5 Å². The van der Waals surface area contributed by atoms with E-state index >= 15 is 0 Å². The van der Waals surface area contributed by atoms with E-state index in [9.17, 15) is 19.2 Å². The first-order valence-corrected chi connectivity index (χ1v) is 9.09. The molecule has 0 bridgehead atoms. The molecule has 0 fully saturated rings. The van der Waals surface area contributed by atoms with E-state index < -0.39 is 34.6 Å². The summed E-state index contributed by atoms with van der Waals surface area (Å²) in [6.45, 7) is 6.12. The smallest absolute Gasteiger partial charge is 0.426 e. The molecule has 9 nitrogen and oxygen atoms in total. The number of carbonyl (C=O) groups excluding carboxylic acids is 3. The number of hydrogen-bond donors (Lipinski definition) is 1. The molecule has 160 valence electrons. The normalized spacial score (nSPS) is 10.8. The fourth-order valence-corrected chi connectivity index (χ4v) is 2.48. The quantitative estimate of drug-likeness (QED) is 0.569. The molecular formula is C21H24N2O7. The van der Waals surface area contributed by atoms with Gasteiger partial charge in [-0.15, -0.1) is 0 Å². The second-order valence-electron chi connectivity index (χ2n) is 7.36. The van der Waals surface area contributed by atoms with Gasteiger partial charge in [0.1, 0.15) is 12.2 Å². The number of carbonyl (C=O) groups is 3. The van der Waals surface area contributed by atoms with Gasteiger partial charge >= 0.3 is 12.1 Å². The van der Waals surface area contributed by atoms with E-state index in [1.54, 1.807) is 45.0 Å². The van der Waals surface area contributed by atoms with Gasteiger partial charge in [-0.1, -0.05) is 30.3 Å². The van der Waals surface area contributed by atoms with Gasteiger partial charge in [-0.25, -0.2) is 19.7 Å². The number of nitrogens with zero attached hydrogens (tertiary/aromatic N) is 1. The number of hydrogen-bond acceptors (Lipinski definition) is 7. The van der Waals surface area contributed by atoms with Crippen molar-refractivity contribution in [1.29, 1.82) is 0 Å². The lowest BCUT2D eigenvalue weighted by atomic mass is 10.1. The Balaban J connectivity index is 2.57. The minimum Gasteiger partial charge on any atom is -0.482 e. The maximum Gasteiger partial charge on any atom is 0.426 e. The topological polar surface area (TPSA) is 113 Å². The monoisotopic (exact) mass is 416 g/mol. The van der Waals surface area contributed by atoms with E-state index in [1.807, 2.05) is 6.07 Å². The summed E-state index contributed by atoms with van der Waals surface area (Å²) in [6.07, 6.45) is 0.135. The average Bonchev–Trinajstić information content (AvgIpc) is 2.66. The molecule has 2 rings (SSSR count). The second-order valence-corrected chi connectivity index (χ2v) is 7.36. The van der Waals surface area contributed by atoms with Gasteiger partial charge in [-0.2, -0.15) is 0 Å². The van der Waals surface area contributed by atoms with Crippen LogP contribution in [-0.2, 0) is 16.1 Å². The number of methoxy groups -OCH3 is 1. The largest absolute Gasteiger partial charge is 0.482 e. The second kappa shape index (κ2) is 9.25. The predicted molar refractivity (Wildman–Crippen MR) is 108 cm³/mol. The van der Waals surface area contributed by atoms with Crippen molar-refractivity contribution >= 4 is 17.8 Å². The van der Waals surface area contributed by atoms with Crippen LogP contribution in [0.5, 0.6) is 5.75 Å². The van der Waals surface area contributed by atoms with E-state index in [0.29, 0.717) is 0 Å². The SMILES string of the molecule is COC(=O)c1c(OCc2ccccc2)c(=O)c(C(C)=O)cn1NC(=O)OC(C)(C)C. The summed E-state index contributed by atoms with van der Waals surface area (Å²) in [4.78, 5) is 49.5. The third-order valence-corrected chi connectivity index (χ3v) is 3.76. The number of pyridine rings is 1. The van der Waals surface area contributed by atoms with Crippen molar-refractivity contribution in [3.8, 4) is 5.75 Å². The maximum atomic E-state index is 12.8. The molecule has 0 spiro atoms. The molecule has 1 N–H and O–H groups in total. The highest BCUT2D eigenvalue weighted by Crippen LogP contribution is 2.18. The molecule has 1 amide bonds. The van der Waals surface area contributed by atoms with Crippen molar-refractivity contribution in [2.75, 3.05) is 12.5 Å². The van der Waals surface area contributed by atoms with Gasteiger partial charge in [-0.05, 0) is 33.3 Å². The maximum absolute atomic E-state index is 12.8. The van der Waals surface area contributed by atoms with Gasteiger partial charge in [-0.3, -0.25) is 9.59 Å². The minimum atomic E-state index is -0.943. The number of esters is 1. The molecule has 1 aromatic heterocycles. The fourth-order valence-electron chi connectivity index (χ4n) is 2.48. The number of ketones is 1. The van der Waals surface area contributed by atoms with Crippen LogP contribution in [0.15, 0.2) is 41.3 Å². The van der Waals surface area contributed by atoms with Crippen molar-refractivity contribution in [3.63, 3.8) is 0 Å². The van der Waals surface area contributed by atoms with E-state index in [-0.39, 0.29) is 17.9 Å². The molecule has 0 saturated carbocycles. The Morgan fingerprint density at radius 1 is 1.10 bits per heavy atom. The predicted octanol–water partition coefficient (Wildman–Crippen LogP) is 2.90. The van der Waals surface area contributed by atoms with Gasteiger partial charge in [0.25, 0.3) is 0 Å². The zero-order valence-electron chi connectivity index (χ0n) is 17.5. The molecule has 0 aliphatic carbocycles. The van der Waals surface area contributed by atoms with E-state index in [1.165, 1.54) is 6.92 Å². The number of Topliss-reactive ketones (excluding diaryl/α,β-unsaturated/α-hetero) is 1. The number of nitrogens with one attached hydrogen (secondary N) is 1. The highest BCUT2D eigenvalue weighted by Gasteiger charge is 2.27. The molecule has 0 atom stereocenters. The highest BCUT2D eigenvalue weighted by atomic mass is 16.6. The molecule has 30 heavy (non-hydrogen) atoms. The molecular weight excluding hydrogens is 392 g/mol. The van der Waals surface area contributed by atoms with Crippen LogP contribution in [0.2, 0.25) is 0 Å². The number of rotatable bonds is 6. The van der Waals surface area contributed by atoms with Gasteiger partial charge < -0.3 is 14.2 Å². The van der Waals surface area contributed by atoms with Gasteiger partial charge in [0, 0.05) is 6.20 Å². The summed E-state index contributed by atoms with van der Waals surface area (Å²) in [6, 6.07) is 8.92. The third kappa shape index (κ3) is 5.69. The number of benzene rings is 1. The summed E-state index contributed by atoms with van der Waals surface area (Å²) in [5.74, 6) is -1.93. The zero-order chi connectivity index (χ0) is 22.5. The lowest BCUT2D eigenvalue weighted by Gasteiger charge is -2.22. The Kier molecular flexibility index (Phi) is 6.99. The molecule has 0 unspecified atom stereocenters. The van der Waals surface area contributed by atoms with Crippen molar-refractivity contribution in [1.82, 2.24) is 4.68 Å². The summed E-state index contributed by atoms with van der Waals surface area (Å²) < 4.78 is 16.4. The van der Waals surface area contributed by atoms with Crippen LogP contribution < -0.4 is 15.6 Å². The Morgan fingerprint density at radius 3 is 2.27 bits per heavy atom. The lowest BCUT2D eigenvalue weighted by molar-refractivity contribution is 0.0572. The first-order chi connectivity index (χ1) is 14.0. The Hall–Kier alpha value is -3.62. The average molecular weight is 416 g/mol. The Labute approximate surface area is 173 Å². The number of ether oxygens (including phenoxy) is 3. The first kappa shape index (κ1) is 22.7. The van der Waals surface area contributed by atoms with Crippen LogP contribution in [0.1, 0.15) is 54.1 Å². The fraction of sp³-hybridized carbons (Fsp3) is 0.333. The summed E-state index contributed by atoms with van der Waals surface area (Å²) in [5.41, 5.74) is 0.794. The van der Waals surface area contributed by atoms with Gasteiger partial charge in [0.2, 0.25) is 11.2 Å². The van der Waals surface area contributed by atoms with Gasteiger partial charge in [0.15, 0.2) is 11.5 Å². The van der Waals surface area contributed by atoms with Gasteiger partial charge in [0.05, 0.1) is 12.7 Å². The number of aromatic nitrogens is 1. The van der Waals surface area contributed by atoms with Crippen molar-refractivity contribution in [2.24, 2.45) is 0 Å². The van der Waals surface area contributed by atoms with Crippen molar-refractivity contribution in [2.45, 2.75) is 39.9 Å².